The van der Waals surface area contributed by atoms with Gasteiger partial charge in [0.05, 0.1) is 17.6 Å². The number of carbonyl (C=O) groups excluding carboxylic acids is 1. The molecule has 1 fully saturated rings. The fourth-order valence-corrected chi connectivity index (χ4v) is 3.84. The molecule has 2 atom stereocenters. The standard InChI is InChI=1S/C18H23N3O3S/c1-13-8-16(17(22)23)11-21(10-13)18(24)20-6-7-25-12-15-5-3-2-4-14(15)9-19/h2-5,13,16H,6-8,10-12H2,1H3,(H,20,24)(H,22,23). The Morgan fingerprint density at radius 2 is 2.16 bits per heavy atom. The summed E-state index contributed by atoms with van der Waals surface area (Å²) in [6.45, 7) is 3.35. The first-order chi connectivity index (χ1) is 12.0. The van der Waals surface area contributed by atoms with Gasteiger partial charge in [-0.3, -0.25) is 4.79 Å². The number of aliphatic carboxylic acids is 1. The molecule has 1 aromatic carbocycles. The minimum absolute atomic E-state index is 0.192. The van der Waals surface area contributed by atoms with Gasteiger partial charge in [-0.05, 0) is 24.0 Å². The van der Waals surface area contributed by atoms with Crippen molar-refractivity contribution in [2.75, 3.05) is 25.4 Å². The highest BCUT2D eigenvalue weighted by atomic mass is 32.2. The number of carbonyl (C=O) groups is 2. The van der Waals surface area contributed by atoms with Crippen molar-refractivity contribution in [1.29, 1.82) is 5.26 Å². The number of amides is 2. The number of carboxylic acid groups (broad SMARTS) is 1. The van der Waals surface area contributed by atoms with Gasteiger partial charge in [0.2, 0.25) is 0 Å². The van der Waals surface area contributed by atoms with Crippen LogP contribution < -0.4 is 5.32 Å². The number of piperidine rings is 1. The van der Waals surface area contributed by atoms with Crippen molar-refractivity contribution in [3.8, 4) is 6.07 Å². The molecule has 0 saturated carbocycles. The van der Waals surface area contributed by atoms with Crippen LogP contribution in [0.15, 0.2) is 24.3 Å². The number of likely N-dealkylation sites (tertiary alicyclic amines) is 1. The maximum absolute atomic E-state index is 12.2. The molecule has 1 aliphatic rings. The topological polar surface area (TPSA) is 93.4 Å². The van der Waals surface area contributed by atoms with Gasteiger partial charge in [0.1, 0.15) is 0 Å². The summed E-state index contributed by atoms with van der Waals surface area (Å²) >= 11 is 1.65. The highest BCUT2D eigenvalue weighted by Gasteiger charge is 2.31. The first-order valence-corrected chi connectivity index (χ1v) is 9.48. The zero-order valence-corrected chi connectivity index (χ0v) is 15.1. The van der Waals surface area contributed by atoms with E-state index in [1.165, 1.54) is 0 Å². The van der Waals surface area contributed by atoms with E-state index in [2.05, 4.69) is 11.4 Å². The lowest BCUT2D eigenvalue weighted by Crippen LogP contribution is -2.49. The third-order valence-corrected chi connectivity index (χ3v) is 5.22. The fourth-order valence-electron chi connectivity index (χ4n) is 2.98. The van der Waals surface area contributed by atoms with E-state index in [1.54, 1.807) is 22.7 Å². The number of hydrogen-bond donors (Lipinski definition) is 2. The molecule has 0 aliphatic carbocycles. The monoisotopic (exact) mass is 361 g/mol. The zero-order valence-electron chi connectivity index (χ0n) is 14.3. The van der Waals surface area contributed by atoms with Crippen LogP contribution >= 0.6 is 11.8 Å². The van der Waals surface area contributed by atoms with E-state index >= 15 is 0 Å². The molecule has 0 radical (unpaired) electrons. The zero-order chi connectivity index (χ0) is 18.2. The summed E-state index contributed by atoms with van der Waals surface area (Å²) in [6.07, 6.45) is 0.618. The summed E-state index contributed by atoms with van der Waals surface area (Å²) in [5, 5.41) is 21.1. The lowest BCUT2D eigenvalue weighted by atomic mass is 9.91. The second kappa shape index (κ2) is 9.33. The number of nitrogens with zero attached hydrogens (tertiary/aromatic N) is 2. The van der Waals surface area contributed by atoms with Crippen LogP contribution in [-0.4, -0.2) is 47.4 Å². The summed E-state index contributed by atoms with van der Waals surface area (Å²) in [4.78, 5) is 25.0. The number of rotatable bonds is 6. The Kier molecular flexibility index (Phi) is 7.14. The van der Waals surface area contributed by atoms with Crippen molar-refractivity contribution >= 4 is 23.8 Å². The van der Waals surface area contributed by atoms with Gasteiger partial charge >= 0.3 is 12.0 Å². The second-order valence-corrected chi connectivity index (χ2v) is 7.44. The minimum atomic E-state index is -0.837. The highest BCUT2D eigenvalue weighted by molar-refractivity contribution is 7.98. The van der Waals surface area contributed by atoms with Gasteiger partial charge in [-0.1, -0.05) is 25.1 Å². The molecule has 0 bridgehead atoms. The van der Waals surface area contributed by atoms with Gasteiger partial charge in [0.25, 0.3) is 0 Å². The number of nitrogens with one attached hydrogen (secondary N) is 1. The Hall–Kier alpha value is -2.20. The number of thioether (sulfide) groups is 1. The molecular weight excluding hydrogens is 338 g/mol. The summed E-state index contributed by atoms with van der Waals surface area (Å²) in [6, 6.07) is 9.47. The van der Waals surface area contributed by atoms with E-state index in [9.17, 15) is 9.59 Å². The average molecular weight is 361 g/mol. The quantitative estimate of drug-likeness (QED) is 0.760. The van der Waals surface area contributed by atoms with Crippen molar-refractivity contribution in [2.24, 2.45) is 11.8 Å². The van der Waals surface area contributed by atoms with Crippen molar-refractivity contribution in [3.63, 3.8) is 0 Å². The van der Waals surface area contributed by atoms with Crippen LogP contribution in [0.1, 0.15) is 24.5 Å². The maximum Gasteiger partial charge on any atom is 0.317 e. The summed E-state index contributed by atoms with van der Waals surface area (Å²) in [7, 11) is 0. The van der Waals surface area contributed by atoms with E-state index in [0.29, 0.717) is 25.1 Å². The molecule has 1 aromatic rings. The fraction of sp³-hybridized carbons (Fsp3) is 0.500. The number of benzene rings is 1. The predicted molar refractivity (Wildman–Crippen MR) is 97.2 cm³/mol. The lowest BCUT2D eigenvalue weighted by Gasteiger charge is -2.34. The molecule has 134 valence electrons. The van der Waals surface area contributed by atoms with Gasteiger partial charge in [-0.15, -0.1) is 0 Å². The molecule has 2 rings (SSSR count). The average Bonchev–Trinajstić information content (AvgIpc) is 2.61. The van der Waals surface area contributed by atoms with Crippen molar-refractivity contribution < 1.29 is 14.7 Å². The number of carboxylic acids is 1. The lowest BCUT2D eigenvalue weighted by molar-refractivity contribution is -0.143. The van der Waals surface area contributed by atoms with Crippen LogP contribution in [0.2, 0.25) is 0 Å². The molecule has 1 aliphatic heterocycles. The van der Waals surface area contributed by atoms with Crippen LogP contribution in [0, 0.1) is 23.2 Å². The van der Waals surface area contributed by atoms with E-state index < -0.39 is 11.9 Å². The Bertz CT molecular complexity index is 659. The van der Waals surface area contributed by atoms with Gasteiger partial charge in [-0.2, -0.15) is 17.0 Å². The van der Waals surface area contributed by atoms with E-state index in [0.717, 1.165) is 17.1 Å². The molecular formula is C18H23N3O3S. The summed E-state index contributed by atoms with van der Waals surface area (Å²) in [5.41, 5.74) is 1.68. The Labute approximate surface area is 152 Å². The molecule has 1 saturated heterocycles. The summed E-state index contributed by atoms with van der Waals surface area (Å²) < 4.78 is 0. The minimum Gasteiger partial charge on any atom is -0.481 e. The molecule has 6 nitrogen and oxygen atoms in total. The van der Waals surface area contributed by atoms with Gasteiger partial charge in [-0.25, -0.2) is 4.79 Å². The SMILES string of the molecule is CC1CC(C(=O)O)CN(C(=O)NCCSCc2ccccc2C#N)C1. The number of hydrogen-bond acceptors (Lipinski definition) is 4. The maximum atomic E-state index is 12.2. The first kappa shape index (κ1) is 19.1. The Morgan fingerprint density at radius 3 is 2.88 bits per heavy atom. The van der Waals surface area contributed by atoms with Crippen LogP contribution in [-0.2, 0) is 10.5 Å². The van der Waals surface area contributed by atoms with Gasteiger partial charge in [0, 0.05) is 31.1 Å². The molecule has 7 heteroatoms. The molecule has 1 heterocycles. The number of urea groups is 1. The normalized spacial score (nSPS) is 19.9. The van der Waals surface area contributed by atoms with Crippen molar-refractivity contribution in [3.05, 3.63) is 35.4 Å². The van der Waals surface area contributed by atoms with E-state index in [-0.39, 0.29) is 18.5 Å². The van der Waals surface area contributed by atoms with Crippen molar-refractivity contribution in [1.82, 2.24) is 10.2 Å². The molecule has 25 heavy (non-hydrogen) atoms. The molecule has 0 aromatic heterocycles. The Morgan fingerprint density at radius 1 is 1.40 bits per heavy atom. The van der Waals surface area contributed by atoms with Crippen LogP contribution in [0.5, 0.6) is 0 Å². The number of nitriles is 1. The Balaban J connectivity index is 1.72. The van der Waals surface area contributed by atoms with Crippen LogP contribution in [0.25, 0.3) is 0 Å². The van der Waals surface area contributed by atoms with E-state index in [1.807, 2.05) is 25.1 Å². The predicted octanol–water partition coefficient (Wildman–Crippen LogP) is 2.54. The van der Waals surface area contributed by atoms with Gasteiger partial charge in [0.15, 0.2) is 0 Å². The van der Waals surface area contributed by atoms with E-state index in [4.69, 9.17) is 10.4 Å². The largest absolute Gasteiger partial charge is 0.481 e. The third-order valence-electron chi connectivity index (χ3n) is 4.21. The van der Waals surface area contributed by atoms with Crippen molar-refractivity contribution in [2.45, 2.75) is 19.1 Å². The molecule has 2 unspecified atom stereocenters. The second-order valence-electron chi connectivity index (χ2n) is 6.33. The summed E-state index contributed by atoms with van der Waals surface area (Å²) in [5.74, 6) is 0.332. The molecule has 0 spiro atoms. The van der Waals surface area contributed by atoms with Crippen LogP contribution in [0.4, 0.5) is 4.79 Å². The smallest absolute Gasteiger partial charge is 0.317 e. The van der Waals surface area contributed by atoms with Crippen LogP contribution in [0.3, 0.4) is 0 Å². The first-order valence-electron chi connectivity index (χ1n) is 8.32. The van der Waals surface area contributed by atoms with Gasteiger partial charge < -0.3 is 15.3 Å². The highest BCUT2D eigenvalue weighted by Crippen LogP contribution is 2.21. The third kappa shape index (κ3) is 5.68. The molecule has 2 N–H and O–H groups in total. The molecule has 2 amide bonds.